The number of fused-ring (bicyclic) bond motifs is 1. The minimum absolute atomic E-state index is 0.330. The average Bonchev–Trinajstić information content (AvgIpc) is 2.30. The summed E-state index contributed by atoms with van der Waals surface area (Å²) in [6.07, 6.45) is 0.996. The number of nitrogens with one attached hydrogen (secondary N) is 1. The minimum atomic E-state index is -0.340. The average molecular weight is 253 g/mol. The van der Waals surface area contributed by atoms with Crippen LogP contribution in [0.3, 0.4) is 0 Å². The van der Waals surface area contributed by atoms with E-state index in [1.165, 1.54) is 6.07 Å². The Balaban J connectivity index is 2.68. The lowest BCUT2D eigenvalue weighted by molar-refractivity contribution is 0.636. The Kier molecular flexibility index (Phi) is 3.48. The summed E-state index contributed by atoms with van der Waals surface area (Å²) in [4.78, 5) is 4.21. The lowest BCUT2D eigenvalue weighted by atomic mass is 10.1. The van der Waals surface area contributed by atoms with Crippen LogP contribution in [0.2, 0.25) is 5.02 Å². The Labute approximate surface area is 105 Å². The number of rotatable bonds is 3. The maximum Gasteiger partial charge on any atom is 0.149 e. The van der Waals surface area contributed by atoms with Crippen molar-refractivity contribution < 1.29 is 4.39 Å². The Hall–Kier alpha value is -1.35. The molecule has 2 aromatic rings. The molecule has 1 aromatic heterocycles. The summed E-state index contributed by atoms with van der Waals surface area (Å²) in [5, 5.41) is 4.43. The molecule has 0 saturated carbocycles. The molecule has 2 nitrogen and oxygen atoms in total. The van der Waals surface area contributed by atoms with Gasteiger partial charge in [-0.3, -0.25) is 0 Å². The van der Waals surface area contributed by atoms with E-state index in [9.17, 15) is 4.39 Å². The molecule has 0 radical (unpaired) electrons. The van der Waals surface area contributed by atoms with E-state index in [4.69, 9.17) is 11.6 Å². The normalized spacial score (nSPS) is 10.8. The van der Waals surface area contributed by atoms with Gasteiger partial charge in [0.2, 0.25) is 0 Å². The summed E-state index contributed by atoms with van der Waals surface area (Å²) >= 11 is 6.12. The highest BCUT2D eigenvalue weighted by Gasteiger charge is 2.11. The highest BCUT2D eigenvalue weighted by Crippen LogP contribution is 2.31. The second-order valence-corrected chi connectivity index (χ2v) is 4.40. The van der Waals surface area contributed by atoms with Crippen LogP contribution in [0, 0.1) is 12.7 Å². The zero-order valence-corrected chi connectivity index (χ0v) is 10.6. The van der Waals surface area contributed by atoms with Crippen LogP contribution in [0.1, 0.15) is 19.0 Å². The first-order valence-corrected chi connectivity index (χ1v) is 6.00. The molecule has 0 fully saturated rings. The smallest absolute Gasteiger partial charge is 0.149 e. The SMILES string of the molecule is CCCNc1cc(C)nc2c(F)ccc(Cl)c12. The molecule has 0 spiro atoms. The predicted molar refractivity (Wildman–Crippen MR) is 70.2 cm³/mol. The fourth-order valence-electron chi connectivity index (χ4n) is 1.80. The molecular weight excluding hydrogens is 239 g/mol. The van der Waals surface area contributed by atoms with Gasteiger partial charge in [-0.05, 0) is 31.5 Å². The maximum atomic E-state index is 13.7. The molecule has 0 amide bonds. The summed E-state index contributed by atoms with van der Waals surface area (Å²) in [6, 6.07) is 4.80. The molecule has 90 valence electrons. The van der Waals surface area contributed by atoms with Gasteiger partial charge in [0.05, 0.1) is 5.02 Å². The van der Waals surface area contributed by atoms with Crippen molar-refractivity contribution in [2.45, 2.75) is 20.3 Å². The van der Waals surface area contributed by atoms with Gasteiger partial charge in [0.1, 0.15) is 11.3 Å². The van der Waals surface area contributed by atoms with Gasteiger partial charge in [-0.15, -0.1) is 0 Å². The fourth-order valence-corrected chi connectivity index (χ4v) is 2.05. The van der Waals surface area contributed by atoms with E-state index in [2.05, 4.69) is 17.2 Å². The van der Waals surface area contributed by atoms with Gasteiger partial charge in [-0.2, -0.15) is 0 Å². The number of nitrogens with zero attached hydrogens (tertiary/aromatic N) is 1. The number of pyridine rings is 1. The number of aryl methyl sites for hydroxylation is 1. The fraction of sp³-hybridized carbons (Fsp3) is 0.308. The Morgan fingerprint density at radius 2 is 2.18 bits per heavy atom. The Morgan fingerprint density at radius 3 is 2.88 bits per heavy atom. The number of halogens is 2. The van der Waals surface area contributed by atoms with Gasteiger partial charge in [0.15, 0.2) is 0 Å². The van der Waals surface area contributed by atoms with E-state index < -0.39 is 0 Å². The Morgan fingerprint density at radius 1 is 1.41 bits per heavy atom. The molecular formula is C13H14ClFN2. The number of benzene rings is 1. The van der Waals surface area contributed by atoms with Gasteiger partial charge in [-0.1, -0.05) is 18.5 Å². The van der Waals surface area contributed by atoms with Crippen LogP contribution < -0.4 is 5.32 Å². The predicted octanol–water partition coefficient (Wildman–Crippen LogP) is 4.16. The van der Waals surface area contributed by atoms with E-state index in [-0.39, 0.29) is 5.82 Å². The molecule has 1 heterocycles. The van der Waals surface area contributed by atoms with Gasteiger partial charge in [0, 0.05) is 23.3 Å². The van der Waals surface area contributed by atoms with Gasteiger partial charge >= 0.3 is 0 Å². The summed E-state index contributed by atoms with van der Waals surface area (Å²) in [6.45, 7) is 4.74. The topological polar surface area (TPSA) is 24.9 Å². The van der Waals surface area contributed by atoms with Crippen LogP contribution in [-0.4, -0.2) is 11.5 Å². The van der Waals surface area contributed by atoms with E-state index >= 15 is 0 Å². The second-order valence-electron chi connectivity index (χ2n) is 3.99. The van der Waals surface area contributed by atoms with E-state index in [0.717, 1.165) is 24.3 Å². The molecule has 4 heteroatoms. The summed E-state index contributed by atoms with van der Waals surface area (Å²) in [5.41, 5.74) is 1.95. The van der Waals surface area contributed by atoms with Crippen molar-refractivity contribution in [3.05, 3.63) is 34.7 Å². The van der Waals surface area contributed by atoms with Crippen molar-refractivity contribution in [1.82, 2.24) is 4.98 Å². The van der Waals surface area contributed by atoms with Crippen molar-refractivity contribution in [2.24, 2.45) is 0 Å². The molecule has 17 heavy (non-hydrogen) atoms. The van der Waals surface area contributed by atoms with Gasteiger partial charge in [0.25, 0.3) is 0 Å². The lowest BCUT2D eigenvalue weighted by Gasteiger charge is -2.11. The lowest BCUT2D eigenvalue weighted by Crippen LogP contribution is -2.02. The third-order valence-corrected chi connectivity index (χ3v) is 2.87. The van der Waals surface area contributed by atoms with Crippen molar-refractivity contribution in [3.8, 4) is 0 Å². The van der Waals surface area contributed by atoms with Crippen LogP contribution >= 0.6 is 11.6 Å². The molecule has 0 saturated heterocycles. The highest BCUT2D eigenvalue weighted by atomic mass is 35.5. The maximum absolute atomic E-state index is 13.7. The molecule has 0 atom stereocenters. The van der Waals surface area contributed by atoms with E-state index in [1.807, 2.05) is 13.0 Å². The van der Waals surface area contributed by atoms with Gasteiger partial charge in [-0.25, -0.2) is 9.37 Å². The van der Waals surface area contributed by atoms with Crippen LogP contribution in [0.5, 0.6) is 0 Å². The van der Waals surface area contributed by atoms with Crippen molar-refractivity contribution >= 4 is 28.2 Å². The summed E-state index contributed by atoms with van der Waals surface area (Å²) < 4.78 is 13.7. The number of hydrogen-bond donors (Lipinski definition) is 1. The van der Waals surface area contributed by atoms with E-state index in [1.54, 1.807) is 6.07 Å². The Bertz CT molecular complexity index is 555. The van der Waals surface area contributed by atoms with Crippen LogP contribution in [0.25, 0.3) is 10.9 Å². The van der Waals surface area contributed by atoms with Crippen LogP contribution in [0.4, 0.5) is 10.1 Å². The minimum Gasteiger partial charge on any atom is -0.384 e. The zero-order valence-electron chi connectivity index (χ0n) is 9.85. The molecule has 0 unspecified atom stereocenters. The first-order valence-electron chi connectivity index (χ1n) is 5.62. The quantitative estimate of drug-likeness (QED) is 0.887. The van der Waals surface area contributed by atoms with Crippen molar-refractivity contribution in [1.29, 1.82) is 0 Å². The van der Waals surface area contributed by atoms with Crippen LogP contribution in [-0.2, 0) is 0 Å². The molecule has 1 N–H and O–H groups in total. The largest absolute Gasteiger partial charge is 0.384 e. The van der Waals surface area contributed by atoms with E-state index in [0.29, 0.717) is 15.9 Å². The molecule has 2 rings (SSSR count). The first kappa shape index (κ1) is 12.1. The summed E-state index contributed by atoms with van der Waals surface area (Å²) in [5.74, 6) is -0.340. The third kappa shape index (κ3) is 2.34. The molecule has 0 aliphatic heterocycles. The molecule has 0 aliphatic rings. The number of hydrogen-bond acceptors (Lipinski definition) is 2. The molecule has 0 aliphatic carbocycles. The molecule has 1 aromatic carbocycles. The molecule has 0 bridgehead atoms. The zero-order chi connectivity index (χ0) is 12.4. The van der Waals surface area contributed by atoms with Crippen molar-refractivity contribution in [3.63, 3.8) is 0 Å². The number of anilines is 1. The third-order valence-electron chi connectivity index (χ3n) is 2.55. The monoisotopic (exact) mass is 252 g/mol. The second kappa shape index (κ2) is 4.88. The van der Waals surface area contributed by atoms with Crippen molar-refractivity contribution in [2.75, 3.05) is 11.9 Å². The summed E-state index contributed by atoms with van der Waals surface area (Å²) in [7, 11) is 0. The van der Waals surface area contributed by atoms with Crippen LogP contribution in [0.15, 0.2) is 18.2 Å². The standard InChI is InChI=1S/C13H14ClFN2/c1-3-6-16-11-7-8(2)17-13-10(15)5-4-9(14)12(11)13/h4-5,7H,3,6H2,1-2H3,(H,16,17). The highest BCUT2D eigenvalue weighted by molar-refractivity contribution is 6.36. The number of aromatic nitrogens is 1. The van der Waals surface area contributed by atoms with Gasteiger partial charge < -0.3 is 5.32 Å². The first-order chi connectivity index (χ1) is 8.13.